The van der Waals surface area contributed by atoms with Crippen molar-refractivity contribution in [1.29, 1.82) is 0 Å². The van der Waals surface area contributed by atoms with Crippen LogP contribution in [-0.2, 0) is 6.61 Å². The lowest BCUT2D eigenvalue weighted by Gasteiger charge is -2.15. The highest BCUT2D eigenvalue weighted by molar-refractivity contribution is 5.91. The van der Waals surface area contributed by atoms with Crippen molar-refractivity contribution in [1.82, 2.24) is 5.32 Å². The molecule has 5 nitrogen and oxygen atoms in total. The van der Waals surface area contributed by atoms with Crippen LogP contribution in [0, 0.1) is 0 Å². The molecule has 3 rings (SSSR count). The fraction of sp³-hybridized carbons (Fsp3) is 0.400. The fourth-order valence-electron chi connectivity index (χ4n) is 3.04. The number of ether oxygens (including phenoxy) is 1. The van der Waals surface area contributed by atoms with Gasteiger partial charge in [0.1, 0.15) is 12.9 Å². The van der Waals surface area contributed by atoms with Crippen LogP contribution in [0.3, 0.4) is 0 Å². The first-order valence-corrected chi connectivity index (χ1v) is 8.83. The maximum Gasteiger partial charge on any atom is 0.287 e. The normalized spacial score (nSPS) is 15.4. The Labute approximate surface area is 147 Å². The van der Waals surface area contributed by atoms with Crippen LogP contribution >= 0.6 is 0 Å². The van der Waals surface area contributed by atoms with Gasteiger partial charge in [-0.1, -0.05) is 56.0 Å². The van der Waals surface area contributed by atoms with E-state index in [4.69, 9.17) is 9.15 Å². The molecular weight excluding hydrogens is 318 g/mol. The lowest BCUT2D eigenvalue weighted by atomic mass is 10.1. The van der Waals surface area contributed by atoms with Gasteiger partial charge in [0.05, 0.1) is 0 Å². The standard InChI is InChI=1S/C20H23NO4/c22-17-12-18(20(23)21-16-10-6-1-2-7-11-16)25-14-19(17)24-13-15-8-4-3-5-9-15/h3-5,8-9,12,14,16H,1-2,6-7,10-11,13H2,(H,21,23). The van der Waals surface area contributed by atoms with Gasteiger partial charge < -0.3 is 14.5 Å². The summed E-state index contributed by atoms with van der Waals surface area (Å²) in [5.74, 6) is -0.199. The van der Waals surface area contributed by atoms with E-state index in [1.54, 1.807) is 0 Å². The first-order chi connectivity index (χ1) is 12.2. The second-order valence-corrected chi connectivity index (χ2v) is 6.41. The lowest BCUT2D eigenvalue weighted by molar-refractivity contribution is 0.0901. The zero-order valence-electron chi connectivity index (χ0n) is 14.2. The van der Waals surface area contributed by atoms with E-state index in [1.807, 2.05) is 30.3 Å². The monoisotopic (exact) mass is 341 g/mol. The minimum absolute atomic E-state index is 0.0290. The molecule has 1 aliphatic carbocycles. The molecule has 5 heteroatoms. The van der Waals surface area contributed by atoms with Gasteiger partial charge in [-0.25, -0.2) is 0 Å². The van der Waals surface area contributed by atoms with Gasteiger partial charge in [0, 0.05) is 12.1 Å². The van der Waals surface area contributed by atoms with Gasteiger partial charge in [-0.05, 0) is 18.4 Å². The molecule has 1 aromatic carbocycles. The number of amides is 1. The molecule has 1 heterocycles. The SMILES string of the molecule is O=C(NC1CCCCCC1)c1cc(=O)c(OCc2ccccc2)co1. The molecule has 1 fully saturated rings. The number of hydrogen-bond acceptors (Lipinski definition) is 4. The van der Waals surface area contributed by atoms with Crippen LogP contribution in [0.2, 0.25) is 0 Å². The summed E-state index contributed by atoms with van der Waals surface area (Å²) >= 11 is 0. The number of carbonyl (C=O) groups is 1. The molecule has 1 amide bonds. The second kappa shape index (κ2) is 8.51. The molecule has 132 valence electrons. The highest BCUT2D eigenvalue weighted by atomic mass is 16.5. The molecule has 0 radical (unpaired) electrons. The Morgan fingerprint density at radius 1 is 1.12 bits per heavy atom. The minimum atomic E-state index is -0.354. The Bertz CT molecular complexity index is 746. The van der Waals surface area contributed by atoms with Crippen LogP contribution < -0.4 is 15.5 Å². The maximum atomic E-state index is 12.3. The van der Waals surface area contributed by atoms with E-state index in [2.05, 4.69) is 5.32 Å². The van der Waals surface area contributed by atoms with Gasteiger partial charge >= 0.3 is 0 Å². The van der Waals surface area contributed by atoms with E-state index >= 15 is 0 Å². The Hall–Kier alpha value is -2.56. The summed E-state index contributed by atoms with van der Waals surface area (Å²) in [5.41, 5.74) is 0.602. The first-order valence-electron chi connectivity index (χ1n) is 8.83. The highest BCUT2D eigenvalue weighted by Gasteiger charge is 2.18. The third-order valence-corrected chi connectivity index (χ3v) is 4.45. The largest absolute Gasteiger partial charge is 0.482 e. The average molecular weight is 341 g/mol. The zero-order valence-corrected chi connectivity index (χ0v) is 14.2. The van der Waals surface area contributed by atoms with Crippen LogP contribution in [0.25, 0.3) is 0 Å². The molecule has 1 N–H and O–H groups in total. The molecular formula is C20H23NO4. The van der Waals surface area contributed by atoms with Gasteiger partial charge in [-0.2, -0.15) is 0 Å². The number of hydrogen-bond donors (Lipinski definition) is 1. The molecule has 0 spiro atoms. The van der Waals surface area contributed by atoms with Gasteiger partial charge in [-0.3, -0.25) is 9.59 Å². The van der Waals surface area contributed by atoms with Gasteiger partial charge in [0.2, 0.25) is 11.2 Å². The Kier molecular flexibility index (Phi) is 5.88. The van der Waals surface area contributed by atoms with E-state index in [0.29, 0.717) is 0 Å². The van der Waals surface area contributed by atoms with E-state index in [0.717, 1.165) is 31.2 Å². The van der Waals surface area contributed by atoms with Crippen molar-refractivity contribution in [3.8, 4) is 5.75 Å². The van der Waals surface area contributed by atoms with Crippen LogP contribution in [0.15, 0.2) is 51.9 Å². The second-order valence-electron chi connectivity index (χ2n) is 6.41. The quantitative estimate of drug-likeness (QED) is 0.843. The van der Waals surface area contributed by atoms with Crippen molar-refractivity contribution in [3.05, 3.63) is 64.2 Å². The Morgan fingerprint density at radius 3 is 2.52 bits per heavy atom. The predicted octanol–water partition coefficient (Wildman–Crippen LogP) is 3.67. The third kappa shape index (κ3) is 4.95. The van der Waals surface area contributed by atoms with Crippen molar-refractivity contribution in [3.63, 3.8) is 0 Å². The molecule has 0 atom stereocenters. The molecule has 1 saturated carbocycles. The summed E-state index contributed by atoms with van der Waals surface area (Å²) in [6, 6.07) is 10.9. The maximum absolute atomic E-state index is 12.3. The molecule has 0 saturated heterocycles. The summed E-state index contributed by atoms with van der Waals surface area (Å²) in [6.45, 7) is 0.277. The molecule has 1 aromatic heterocycles. The predicted molar refractivity (Wildman–Crippen MR) is 94.7 cm³/mol. The van der Waals surface area contributed by atoms with Crippen molar-refractivity contribution < 1.29 is 13.9 Å². The Balaban J connectivity index is 1.60. The summed E-state index contributed by atoms with van der Waals surface area (Å²) in [7, 11) is 0. The van der Waals surface area contributed by atoms with Crippen molar-refractivity contribution in [2.24, 2.45) is 0 Å². The smallest absolute Gasteiger partial charge is 0.287 e. The van der Waals surface area contributed by atoms with E-state index in [-0.39, 0.29) is 35.5 Å². The molecule has 0 bridgehead atoms. The lowest BCUT2D eigenvalue weighted by Crippen LogP contribution is -2.34. The van der Waals surface area contributed by atoms with E-state index in [9.17, 15) is 9.59 Å². The third-order valence-electron chi connectivity index (χ3n) is 4.45. The van der Waals surface area contributed by atoms with Crippen LogP contribution in [0.4, 0.5) is 0 Å². The molecule has 1 aliphatic rings. The van der Waals surface area contributed by atoms with Gasteiger partial charge in [-0.15, -0.1) is 0 Å². The first kappa shape index (κ1) is 17.3. The van der Waals surface area contributed by atoms with Gasteiger partial charge in [0.25, 0.3) is 5.91 Å². The number of rotatable bonds is 5. The summed E-state index contributed by atoms with van der Waals surface area (Å²) < 4.78 is 10.8. The number of nitrogens with one attached hydrogen (secondary N) is 1. The summed E-state index contributed by atoms with van der Waals surface area (Å²) in [5, 5.41) is 2.97. The molecule has 25 heavy (non-hydrogen) atoms. The Morgan fingerprint density at radius 2 is 1.84 bits per heavy atom. The fourth-order valence-corrected chi connectivity index (χ4v) is 3.04. The van der Waals surface area contributed by atoms with Crippen LogP contribution in [0.5, 0.6) is 5.75 Å². The minimum Gasteiger partial charge on any atom is -0.482 e. The van der Waals surface area contributed by atoms with E-state index < -0.39 is 0 Å². The average Bonchev–Trinajstić information content (AvgIpc) is 2.90. The number of benzene rings is 1. The molecule has 2 aromatic rings. The van der Waals surface area contributed by atoms with Crippen molar-refractivity contribution in [2.75, 3.05) is 0 Å². The topological polar surface area (TPSA) is 68.5 Å². The molecule has 0 aliphatic heterocycles. The van der Waals surface area contributed by atoms with Crippen molar-refractivity contribution >= 4 is 5.91 Å². The van der Waals surface area contributed by atoms with Crippen LogP contribution in [0.1, 0.15) is 54.6 Å². The molecule has 0 unspecified atom stereocenters. The number of carbonyl (C=O) groups excluding carboxylic acids is 1. The van der Waals surface area contributed by atoms with E-state index in [1.165, 1.54) is 25.2 Å². The van der Waals surface area contributed by atoms with Crippen molar-refractivity contribution in [2.45, 2.75) is 51.2 Å². The van der Waals surface area contributed by atoms with Crippen LogP contribution in [-0.4, -0.2) is 11.9 Å². The highest BCUT2D eigenvalue weighted by Crippen LogP contribution is 2.18. The summed E-state index contributed by atoms with van der Waals surface area (Å²) in [4.78, 5) is 24.4. The summed E-state index contributed by atoms with van der Waals surface area (Å²) in [6.07, 6.45) is 7.86. The van der Waals surface area contributed by atoms with Gasteiger partial charge in [0.15, 0.2) is 5.76 Å². The zero-order chi connectivity index (χ0) is 17.5.